The predicted octanol–water partition coefficient (Wildman–Crippen LogP) is 2.85. The molecule has 2 amide bonds. The summed E-state index contributed by atoms with van der Waals surface area (Å²) in [5.74, 6) is -0.162. The first-order chi connectivity index (χ1) is 16.4. The van der Waals surface area contributed by atoms with Gasteiger partial charge in [-0.1, -0.05) is 0 Å². The summed E-state index contributed by atoms with van der Waals surface area (Å²) in [6, 6.07) is 5.03. The van der Waals surface area contributed by atoms with Crippen LogP contribution in [0.3, 0.4) is 0 Å². The monoisotopic (exact) mass is 471 g/mol. The van der Waals surface area contributed by atoms with E-state index in [1.54, 1.807) is 6.07 Å². The number of carbonyl (C=O) groups is 2. The average Bonchev–Trinajstić information content (AvgIpc) is 2.80. The van der Waals surface area contributed by atoms with Crippen molar-refractivity contribution in [2.45, 2.75) is 69.9 Å². The van der Waals surface area contributed by atoms with Crippen LogP contribution in [0.15, 0.2) is 18.2 Å². The Kier molecular flexibility index (Phi) is 6.80. The number of nitrogens with one attached hydrogen (secondary N) is 2. The van der Waals surface area contributed by atoms with E-state index in [9.17, 15) is 14.0 Å². The largest absolute Gasteiger partial charge is 0.374 e. The van der Waals surface area contributed by atoms with E-state index < -0.39 is 6.04 Å². The standard InChI is InChI=1S/C26H38FN5O2/c27-21-15-20(29-22-2-4-24(33)30-25(22)34)1-3-23(21)32-11-6-18(7-12-32)5-10-31-13-8-26(9-14-31)16-19(28)17-26/h1,3,15,18-19,22,29H,2,4-14,16-17,28H2,(H,30,33,34). The number of piperidine rings is 3. The SMILES string of the molecule is NC1CC2(CCN(CCC3CCN(c4ccc(NC5CCC(=O)NC5=O)cc4F)CC3)CC2)C1. The number of likely N-dealkylation sites (tertiary alicyclic amines) is 1. The van der Waals surface area contributed by atoms with Gasteiger partial charge in [0.15, 0.2) is 0 Å². The number of anilines is 2. The van der Waals surface area contributed by atoms with Crippen LogP contribution >= 0.6 is 0 Å². The molecule has 0 radical (unpaired) electrons. The molecule has 1 saturated carbocycles. The molecule has 4 aliphatic rings. The lowest BCUT2D eigenvalue weighted by Gasteiger charge is -2.51. The average molecular weight is 472 g/mol. The molecular formula is C26H38FN5O2. The summed E-state index contributed by atoms with van der Waals surface area (Å²) in [5.41, 5.74) is 7.79. The number of hydrogen-bond acceptors (Lipinski definition) is 6. The molecule has 1 aromatic carbocycles. The van der Waals surface area contributed by atoms with E-state index in [1.165, 1.54) is 57.8 Å². The third-order valence-corrected chi connectivity index (χ3v) is 8.64. The van der Waals surface area contributed by atoms with Gasteiger partial charge in [0, 0.05) is 31.2 Å². The second kappa shape index (κ2) is 9.82. The normalized spacial score (nSPS) is 26.4. The molecule has 3 aliphatic heterocycles. The van der Waals surface area contributed by atoms with E-state index >= 15 is 0 Å². The van der Waals surface area contributed by atoms with Gasteiger partial charge in [-0.25, -0.2) is 4.39 Å². The molecule has 3 saturated heterocycles. The van der Waals surface area contributed by atoms with Crippen LogP contribution in [0.2, 0.25) is 0 Å². The summed E-state index contributed by atoms with van der Waals surface area (Å²) in [5, 5.41) is 5.38. The van der Waals surface area contributed by atoms with Gasteiger partial charge in [0.05, 0.1) is 5.69 Å². The lowest BCUT2D eigenvalue weighted by molar-refractivity contribution is -0.133. The fourth-order valence-corrected chi connectivity index (χ4v) is 6.43. The van der Waals surface area contributed by atoms with Gasteiger partial charge in [-0.3, -0.25) is 14.9 Å². The van der Waals surface area contributed by atoms with E-state index in [1.807, 2.05) is 6.07 Å². The molecule has 1 unspecified atom stereocenters. The maximum absolute atomic E-state index is 14.9. The van der Waals surface area contributed by atoms with Crippen LogP contribution < -0.4 is 21.3 Å². The first-order valence-electron chi connectivity index (χ1n) is 13.0. The van der Waals surface area contributed by atoms with E-state index in [-0.39, 0.29) is 17.6 Å². The highest BCUT2D eigenvalue weighted by atomic mass is 19.1. The van der Waals surface area contributed by atoms with Crippen molar-refractivity contribution < 1.29 is 14.0 Å². The Morgan fingerprint density at radius 1 is 1.09 bits per heavy atom. The van der Waals surface area contributed by atoms with Crippen LogP contribution in [0.5, 0.6) is 0 Å². The quantitative estimate of drug-likeness (QED) is 0.553. The minimum absolute atomic E-state index is 0.254. The maximum atomic E-state index is 14.9. The number of carbonyl (C=O) groups excluding carboxylic acids is 2. The minimum atomic E-state index is -0.504. The number of imide groups is 1. The van der Waals surface area contributed by atoms with Crippen LogP contribution in [-0.2, 0) is 9.59 Å². The summed E-state index contributed by atoms with van der Waals surface area (Å²) in [6.07, 6.45) is 9.23. The number of halogens is 1. The molecule has 0 aromatic heterocycles. The van der Waals surface area contributed by atoms with Crippen molar-refractivity contribution in [1.29, 1.82) is 0 Å². The van der Waals surface area contributed by atoms with Gasteiger partial charge in [-0.05, 0) is 101 Å². The van der Waals surface area contributed by atoms with Crippen molar-refractivity contribution in [3.63, 3.8) is 0 Å². The van der Waals surface area contributed by atoms with Crippen molar-refractivity contribution in [3.05, 3.63) is 24.0 Å². The topological polar surface area (TPSA) is 90.7 Å². The van der Waals surface area contributed by atoms with Crippen LogP contribution in [-0.4, -0.2) is 61.5 Å². The molecule has 7 nitrogen and oxygen atoms in total. The summed E-state index contributed by atoms with van der Waals surface area (Å²) in [4.78, 5) is 28.0. The zero-order chi connectivity index (χ0) is 23.7. The number of hydrogen-bond donors (Lipinski definition) is 3. The molecule has 0 bridgehead atoms. The zero-order valence-electron chi connectivity index (χ0n) is 20.0. The van der Waals surface area contributed by atoms with Crippen molar-refractivity contribution >= 4 is 23.2 Å². The Labute approximate surface area is 201 Å². The first-order valence-corrected chi connectivity index (χ1v) is 13.0. The Morgan fingerprint density at radius 2 is 1.82 bits per heavy atom. The number of amides is 2. The lowest BCUT2D eigenvalue weighted by Crippen LogP contribution is -2.52. The van der Waals surface area contributed by atoms with Crippen molar-refractivity contribution in [2.24, 2.45) is 17.1 Å². The zero-order valence-corrected chi connectivity index (χ0v) is 20.0. The van der Waals surface area contributed by atoms with Gasteiger partial charge < -0.3 is 20.9 Å². The number of benzene rings is 1. The summed E-state index contributed by atoms with van der Waals surface area (Å²) in [7, 11) is 0. The van der Waals surface area contributed by atoms with Gasteiger partial charge in [-0.2, -0.15) is 0 Å². The van der Waals surface area contributed by atoms with Gasteiger partial charge >= 0.3 is 0 Å². The van der Waals surface area contributed by atoms with E-state index in [4.69, 9.17) is 5.73 Å². The van der Waals surface area contributed by atoms with Gasteiger partial charge in [0.1, 0.15) is 11.9 Å². The fourth-order valence-electron chi connectivity index (χ4n) is 6.43. The highest BCUT2D eigenvalue weighted by molar-refractivity contribution is 6.01. The molecule has 5 rings (SSSR count). The van der Waals surface area contributed by atoms with Crippen LogP contribution in [0.4, 0.5) is 15.8 Å². The molecule has 1 aliphatic carbocycles. The molecule has 1 spiro atoms. The molecule has 1 aromatic rings. The van der Waals surface area contributed by atoms with Gasteiger partial charge in [0.25, 0.3) is 0 Å². The predicted molar refractivity (Wildman–Crippen MR) is 131 cm³/mol. The fraction of sp³-hybridized carbons (Fsp3) is 0.692. The smallest absolute Gasteiger partial charge is 0.249 e. The number of rotatable bonds is 6. The Morgan fingerprint density at radius 3 is 2.47 bits per heavy atom. The maximum Gasteiger partial charge on any atom is 0.249 e. The molecular weight excluding hydrogens is 433 g/mol. The minimum Gasteiger partial charge on any atom is -0.374 e. The molecule has 4 N–H and O–H groups in total. The van der Waals surface area contributed by atoms with Crippen LogP contribution in [0.25, 0.3) is 0 Å². The number of nitrogens with two attached hydrogens (primary N) is 1. The van der Waals surface area contributed by atoms with E-state index in [0.717, 1.165) is 25.9 Å². The second-order valence-electron chi connectivity index (χ2n) is 11.0. The summed E-state index contributed by atoms with van der Waals surface area (Å²) >= 11 is 0. The van der Waals surface area contributed by atoms with E-state index in [0.29, 0.717) is 41.6 Å². The highest BCUT2D eigenvalue weighted by Crippen LogP contribution is 2.48. The molecule has 3 heterocycles. The molecule has 1 atom stereocenters. The molecule has 34 heavy (non-hydrogen) atoms. The first kappa shape index (κ1) is 23.5. The van der Waals surface area contributed by atoms with Crippen LogP contribution in [0.1, 0.15) is 57.8 Å². The third kappa shape index (κ3) is 5.23. The highest BCUT2D eigenvalue weighted by Gasteiger charge is 2.44. The third-order valence-electron chi connectivity index (χ3n) is 8.64. The molecule has 186 valence electrons. The van der Waals surface area contributed by atoms with Crippen molar-refractivity contribution in [1.82, 2.24) is 10.2 Å². The summed E-state index contributed by atoms with van der Waals surface area (Å²) < 4.78 is 14.9. The lowest BCUT2D eigenvalue weighted by atomic mass is 9.61. The van der Waals surface area contributed by atoms with Crippen molar-refractivity contribution in [3.8, 4) is 0 Å². The number of nitrogens with zero attached hydrogens (tertiary/aromatic N) is 2. The Hall–Kier alpha value is -2.19. The van der Waals surface area contributed by atoms with E-state index in [2.05, 4.69) is 20.4 Å². The molecule has 4 fully saturated rings. The second-order valence-corrected chi connectivity index (χ2v) is 11.0. The Balaban J connectivity index is 1.06. The van der Waals surface area contributed by atoms with Crippen molar-refractivity contribution in [2.75, 3.05) is 42.9 Å². The molecule has 8 heteroatoms. The van der Waals surface area contributed by atoms with Gasteiger partial charge in [-0.15, -0.1) is 0 Å². The van der Waals surface area contributed by atoms with Crippen LogP contribution in [0, 0.1) is 17.2 Å². The van der Waals surface area contributed by atoms with Gasteiger partial charge in [0.2, 0.25) is 11.8 Å². The Bertz CT molecular complexity index is 900. The summed E-state index contributed by atoms with van der Waals surface area (Å²) in [6.45, 7) is 5.37.